The van der Waals surface area contributed by atoms with Gasteiger partial charge in [0, 0.05) is 0 Å². The van der Waals surface area contributed by atoms with Crippen LogP contribution in [0.4, 0.5) is 0 Å². The quantitative estimate of drug-likeness (QED) is 0.310. The maximum absolute atomic E-state index is 11.7. The molecule has 2 aromatic rings. The second-order valence-electron chi connectivity index (χ2n) is 4.47. The fourth-order valence-electron chi connectivity index (χ4n) is 1.60. The van der Waals surface area contributed by atoms with Gasteiger partial charge in [-0.25, -0.2) is 4.79 Å². The number of Topliss-reactive ketones (excluding diaryl/α,β-unsaturated/α-hetero) is 1. The second-order valence-corrected chi connectivity index (χ2v) is 6.18. The van der Waals surface area contributed by atoms with E-state index in [1.54, 1.807) is 43.5 Å². The molecule has 0 spiro atoms. The molecule has 126 valence electrons. The Kier molecular flexibility index (Phi) is 6.77. The van der Waals surface area contributed by atoms with Crippen LogP contribution < -0.4 is 4.74 Å². The van der Waals surface area contributed by atoms with E-state index in [-0.39, 0.29) is 19.0 Å². The molecule has 1 aromatic heterocycles. The van der Waals surface area contributed by atoms with Gasteiger partial charge in [0.15, 0.2) is 6.61 Å². The van der Waals surface area contributed by atoms with Crippen molar-refractivity contribution in [3.63, 3.8) is 0 Å². The Morgan fingerprint density at radius 3 is 2.54 bits per heavy atom. The zero-order chi connectivity index (χ0) is 17.4. The van der Waals surface area contributed by atoms with E-state index in [1.807, 2.05) is 0 Å². The first kappa shape index (κ1) is 18.0. The van der Waals surface area contributed by atoms with Gasteiger partial charge in [0.05, 0.1) is 22.5 Å². The largest absolute Gasteiger partial charge is 0.497 e. The van der Waals surface area contributed by atoms with Crippen molar-refractivity contribution in [2.24, 2.45) is 5.16 Å². The van der Waals surface area contributed by atoms with Crippen LogP contribution in [-0.4, -0.2) is 38.3 Å². The summed E-state index contributed by atoms with van der Waals surface area (Å²) < 4.78 is 10.3. The first-order valence-corrected chi connectivity index (χ1v) is 8.01. The van der Waals surface area contributed by atoms with Crippen LogP contribution in [0.25, 0.3) is 0 Å². The van der Waals surface area contributed by atoms with Gasteiger partial charge in [-0.1, -0.05) is 16.8 Å². The van der Waals surface area contributed by atoms with Gasteiger partial charge in [-0.05, 0) is 42.0 Å². The van der Waals surface area contributed by atoms with Crippen LogP contribution >= 0.6 is 22.9 Å². The van der Waals surface area contributed by atoms with E-state index >= 15 is 0 Å². The smallest absolute Gasteiger partial charge is 0.347 e. The molecule has 0 radical (unpaired) electrons. The fourth-order valence-corrected chi connectivity index (χ4v) is 2.57. The summed E-state index contributed by atoms with van der Waals surface area (Å²) in [4.78, 5) is 28.5. The van der Waals surface area contributed by atoms with Crippen molar-refractivity contribution in [3.05, 3.63) is 51.2 Å². The lowest BCUT2D eigenvalue weighted by molar-refractivity contribution is -0.147. The topological polar surface area (TPSA) is 74.2 Å². The number of oxime groups is 1. The Morgan fingerprint density at radius 1 is 1.17 bits per heavy atom. The summed E-state index contributed by atoms with van der Waals surface area (Å²) in [5.41, 5.74) is 0.786. The van der Waals surface area contributed by atoms with E-state index in [4.69, 9.17) is 25.9 Å². The number of ether oxygens (including phenoxy) is 2. The summed E-state index contributed by atoms with van der Waals surface area (Å²) in [5, 5.41) is 3.66. The highest BCUT2D eigenvalue weighted by Gasteiger charge is 2.12. The molecule has 0 atom stereocenters. The number of methoxy groups -OCH3 is 1. The first-order valence-electron chi connectivity index (χ1n) is 6.82. The zero-order valence-corrected chi connectivity index (χ0v) is 14.3. The van der Waals surface area contributed by atoms with Crippen LogP contribution in [0.3, 0.4) is 0 Å². The summed E-state index contributed by atoms with van der Waals surface area (Å²) in [6.07, 6.45) is 1.45. The lowest BCUT2D eigenvalue weighted by Crippen LogP contribution is -2.16. The zero-order valence-electron chi connectivity index (χ0n) is 12.7. The normalized spacial score (nSPS) is 10.6. The lowest BCUT2D eigenvalue weighted by Gasteiger charge is -2.02. The van der Waals surface area contributed by atoms with E-state index in [1.165, 1.54) is 6.21 Å². The molecule has 0 saturated heterocycles. The highest BCUT2D eigenvalue weighted by Crippen LogP contribution is 2.21. The van der Waals surface area contributed by atoms with Crippen LogP contribution in [0.15, 0.2) is 41.6 Å². The van der Waals surface area contributed by atoms with Gasteiger partial charge in [0.1, 0.15) is 5.75 Å². The fraction of sp³-hybridized carbons (Fsp3) is 0.188. The van der Waals surface area contributed by atoms with Gasteiger partial charge in [0.2, 0.25) is 12.4 Å². The summed E-state index contributed by atoms with van der Waals surface area (Å²) in [7, 11) is 1.58. The van der Waals surface area contributed by atoms with Crippen molar-refractivity contribution in [2.75, 3.05) is 20.3 Å². The standard InChI is InChI=1S/C16H14ClNO5S/c1-21-12-4-2-11(3-5-12)8-18-23-10-16(20)22-9-13(19)14-6-7-15(17)24-14/h2-8H,9-10H2,1H3/b18-8-. The van der Waals surface area contributed by atoms with E-state index in [9.17, 15) is 9.59 Å². The third kappa shape index (κ3) is 5.68. The summed E-state index contributed by atoms with van der Waals surface area (Å²) in [5.74, 6) is -0.270. The van der Waals surface area contributed by atoms with E-state index in [2.05, 4.69) is 5.16 Å². The molecular formula is C16H14ClNO5S. The number of halogens is 1. The number of esters is 1. The molecule has 0 unspecified atom stereocenters. The number of carbonyl (C=O) groups is 2. The molecule has 0 aliphatic rings. The van der Waals surface area contributed by atoms with E-state index in [0.29, 0.717) is 9.21 Å². The molecule has 0 bridgehead atoms. The number of nitrogens with zero attached hydrogens (tertiary/aromatic N) is 1. The maximum Gasteiger partial charge on any atom is 0.347 e. The molecule has 0 saturated carbocycles. The van der Waals surface area contributed by atoms with E-state index in [0.717, 1.165) is 22.6 Å². The Hall–Kier alpha value is -2.38. The number of hydrogen-bond donors (Lipinski definition) is 0. The molecule has 8 heteroatoms. The average molecular weight is 368 g/mol. The average Bonchev–Trinajstić information content (AvgIpc) is 3.03. The van der Waals surface area contributed by atoms with Crippen molar-refractivity contribution in [1.82, 2.24) is 0 Å². The molecule has 0 aliphatic heterocycles. The number of carbonyl (C=O) groups excluding carboxylic acids is 2. The van der Waals surface area contributed by atoms with Crippen molar-refractivity contribution < 1.29 is 23.9 Å². The number of rotatable bonds is 8. The highest BCUT2D eigenvalue weighted by molar-refractivity contribution is 7.18. The minimum atomic E-state index is -0.683. The Balaban J connectivity index is 1.69. The van der Waals surface area contributed by atoms with Crippen LogP contribution in [0.5, 0.6) is 5.75 Å². The lowest BCUT2D eigenvalue weighted by atomic mass is 10.2. The van der Waals surface area contributed by atoms with Crippen molar-refractivity contribution in [1.29, 1.82) is 0 Å². The molecule has 0 fully saturated rings. The second kappa shape index (κ2) is 9.05. The van der Waals surface area contributed by atoms with Gasteiger partial charge >= 0.3 is 5.97 Å². The maximum atomic E-state index is 11.7. The van der Waals surface area contributed by atoms with Crippen LogP contribution in [0.2, 0.25) is 4.34 Å². The molecule has 0 amide bonds. The predicted molar refractivity (Wildman–Crippen MR) is 91.2 cm³/mol. The van der Waals surface area contributed by atoms with Crippen molar-refractivity contribution in [3.8, 4) is 5.75 Å². The number of benzene rings is 1. The van der Waals surface area contributed by atoms with Crippen LogP contribution in [-0.2, 0) is 14.4 Å². The number of thiophene rings is 1. The van der Waals surface area contributed by atoms with Gasteiger partial charge < -0.3 is 14.3 Å². The first-order chi connectivity index (χ1) is 11.6. The summed E-state index contributed by atoms with van der Waals surface area (Å²) in [6, 6.07) is 10.3. The molecule has 0 N–H and O–H groups in total. The minimum Gasteiger partial charge on any atom is -0.497 e. The third-order valence-electron chi connectivity index (χ3n) is 2.79. The van der Waals surface area contributed by atoms with Crippen LogP contribution in [0, 0.1) is 0 Å². The Morgan fingerprint density at radius 2 is 1.92 bits per heavy atom. The van der Waals surface area contributed by atoms with Gasteiger partial charge in [-0.15, -0.1) is 11.3 Å². The SMILES string of the molecule is COc1ccc(/C=N\OCC(=O)OCC(=O)c2ccc(Cl)s2)cc1. The molecule has 24 heavy (non-hydrogen) atoms. The Bertz CT molecular complexity index is 726. The van der Waals surface area contributed by atoms with Crippen molar-refractivity contribution >= 4 is 40.9 Å². The minimum absolute atomic E-state index is 0.318. The number of ketones is 1. The summed E-state index contributed by atoms with van der Waals surface area (Å²) in [6.45, 7) is -0.744. The predicted octanol–water partition coefficient (Wildman–Crippen LogP) is 3.19. The summed E-state index contributed by atoms with van der Waals surface area (Å²) >= 11 is 6.86. The van der Waals surface area contributed by atoms with Gasteiger partial charge in [-0.3, -0.25) is 4.79 Å². The molecule has 6 nitrogen and oxygen atoms in total. The molecular weight excluding hydrogens is 354 g/mol. The van der Waals surface area contributed by atoms with Gasteiger partial charge in [-0.2, -0.15) is 0 Å². The highest BCUT2D eigenvalue weighted by atomic mass is 35.5. The molecule has 1 aromatic carbocycles. The number of hydrogen-bond acceptors (Lipinski definition) is 7. The Labute approximate surface area is 147 Å². The monoisotopic (exact) mass is 367 g/mol. The van der Waals surface area contributed by atoms with Gasteiger partial charge in [0.25, 0.3) is 0 Å². The molecule has 2 rings (SSSR count). The third-order valence-corrected chi connectivity index (χ3v) is 4.06. The molecule has 0 aliphatic carbocycles. The molecule has 1 heterocycles. The van der Waals surface area contributed by atoms with Crippen molar-refractivity contribution in [2.45, 2.75) is 0 Å². The van der Waals surface area contributed by atoms with E-state index < -0.39 is 5.97 Å². The van der Waals surface area contributed by atoms with Crippen LogP contribution in [0.1, 0.15) is 15.2 Å².